The van der Waals surface area contributed by atoms with Crippen molar-refractivity contribution in [3.63, 3.8) is 0 Å². The van der Waals surface area contributed by atoms with Crippen molar-refractivity contribution in [1.82, 2.24) is 0 Å². The van der Waals surface area contributed by atoms with Crippen LogP contribution in [0.1, 0.15) is 0 Å². The second-order valence-corrected chi connectivity index (χ2v) is 3.34. The van der Waals surface area contributed by atoms with E-state index >= 15 is 0 Å². The summed E-state index contributed by atoms with van der Waals surface area (Å²) in [6.45, 7) is 0. The third kappa shape index (κ3) is 0.848. The fourth-order valence-electron chi connectivity index (χ4n) is 1.12. The van der Waals surface area contributed by atoms with Crippen molar-refractivity contribution in [2.75, 3.05) is 5.73 Å². The van der Waals surface area contributed by atoms with Gasteiger partial charge < -0.3 is 10.8 Å². The van der Waals surface area contributed by atoms with Gasteiger partial charge in [0.2, 0.25) is 0 Å². The summed E-state index contributed by atoms with van der Waals surface area (Å²) in [6, 6.07) is 2.96. The molecule has 0 bridgehead atoms. The molecule has 2 nitrogen and oxygen atoms in total. The minimum atomic E-state index is -0.417. The van der Waals surface area contributed by atoms with Crippen LogP contribution in [0.25, 0.3) is 10.1 Å². The first-order valence-electron chi connectivity index (χ1n) is 3.34. The standard InChI is InChI=1S/C8H6FNOS/c9-4-3-12-8-5(10)1-2-6(11)7(4)8/h1-3,11H,10H2. The van der Waals surface area contributed by atoms with E-state index in [2.05, 4.69) is 0 Å². The Bertz CT molecular complexity index is 438. The summed E-state index contributed by atoms with van der Waals surface area (Å²) >= 11 is 1.19. The number of hydrogen-bond donors (Lipinski definition) is 2. The molecule has 1 aromatic heterocycles. The summed E-state index contributed by atoms with van der Waals surface area (Å²) in [5.41, 5.74) is 6.07. The molecule has 0 saturated heterocycles. The lowest BCUT2D eigenvalue weighted by molar-refractivity contribution is 0.479. The van der Waals surface area contributed by atoms with E-state index in [1.54, 1.807) is 6.07 Å². The number of thiophene rings is 1. The first-order valence-corrected chi connectivity index (χ1v) is 4.22. The van der Waals surface area contributed by atoms with Gasteiger partial charge >= 0.3 is 0 Å². The first kappa shape index (κ1) is 7.36. The van der Waals surface area contributed by atoms with Gasteiger partial charge in [-0.1, -0.05) is 0 Å². The summed E-state index contributed by atoms with van der Waals surface area (Å²) in [4.78, 5) is 0. The molecule has 0 radical (unpaired) electrons. The van der Waals surface area contributed by atoms with Gasteiger partial charge in [0, 0.05) is 11.1 Å². The van der Waals surface area contributed by atoms with Crippen LogP contribution in [-0.2, 0) is 0 Å². The van der Waals surface area contributed by atoms with Gasteiger partial charge in [-0.3, -0.25) is 0 Å². The third-order valence-corrected chi connectivity index (χ3v) is 2.69. The average molecular weight is 183 g/mol. The molecule has 0 atom stereocenters. The summed E-state index contributed by atoms with van der Waals surface area (Å²) in [5.74, 6) is -0.474. The molecule has 62 valence electrons. The largest absolute Gasteiger partial charge is 0.507 e. The molecule has 2 aromatic rings. The number of nitrogen functional groups attached to an aromatic ring is 1. The maximum atomic E-state index is 13.0. The number of benzene rings is 1. The highest BCUT2D eigenvalue weighted by molar-refractivity contribution is 7.17. The molecule has 0 saturated carbocycles. The minimum Gasteiger partial charge on any atom is -0.507 e. The second kappa shape index (κ2) is 2.35. The number of fused-ring (bicyclic) bond motifs is 1. The van der Waals surface area contributed by atoms with E-state index in [-0.39, 0.29) is 11.1 Å². The molecule has 0 aliphatic carbocycles. The Kier molecular flexibility index (Phi) is 1.44. The quantitative estimate of drug-likeness (QED) is 0.486. The maximum absolute atomic E-state index is 13.0. The zero-order valence-electron chi connectivity index (χ0n) is 6.04. The number of nitrogens with two attached hydrogens (primary N) is 1. The van der Waals surface area contributed by atoms with Gasteiger partial charge in [-0.15, -0.1) is 11.3 Å². The van der Waals surface area contributed by atoms with Crippen LogP contribution >= 0.6 is 11.3 Å². The smallest absolute Gasteiger partial charge is 0.145 e. The molecule has 0 fully saturated rings. The third-order valence-electron chi connectivity index (χ3n) is 1.69. The van der Waals surface area contributed by atoms with Crippen LogP contribution in [0, 0.1) is 5.82 Å². The topological polar surface area (TPSA) is 46.2 Å². The lowest BCUT2D eigenvalue weighted by Crippen LogP contribution is -1.83. The molecule has 1 aromatic carbocycles. The van der Waals surface area contributed by atoms with E-state index < -0.39 is 5.82 Å². The predicted molar refractivity (Wildman–Crippen MR) is 47.9 cm³/mol. The number of phenolic OH excluding ortho intramolecular Hbond substituents is 1. The normalized spacial score (nSPS) is 10.8. The molecule has 2 rings (SSSR count). The molecule has 12 heavy (non-hydrogen) atoms. The number of hydrogen-bond acceptors (Lipinski definition) is 3. The molecule has 0 amide bonds. The molecule has 0 aliphatic heterocycles. The van der Waals surface area contributed by atoms with Gasteiger partial charge in [-0.05, 0) is 12.1 Å². The van der Waals surface area contributed by atoms with Crippen LogP contribution in [0.3, 0.4) is 0 Å². The Morgan fingerprint density at radius 3 is 2.83 bits per heavy atom. The first-order chi connectivity index (χ1) is 5.70. The lowest BCUT2D eigenvalue weighted by atomic mass is 10.2. The Labute approximate surface area is 72.1 Å². The van der Waals surface area contributed by atoms with Gasteiger partial charge in [0.05, 0.1) is 10.1 Å². The van der Waals surface area contributed by atoms with Gasteiger partial charge in [0.25, 0.3) is 0 Å². The van der Waals surface area contributed by atoms with E-state index in [1.165, 1.54) is 22.8 Å². The monoisotopic (exact) mass is 183 g/mol. The number of anilines is 1. The molecular weight excluding hydrogens is 177 g/mol. The highest BCUT2D eigenvalue weighted by atomic mass is 32.1. The van der Waals surface area contributed by atoms with E-state index in [0.717, 1.165) is 0 Å². The second-order valence-electron chi connectivity index (χ2n) is 2.46. The van der Waals surface area contributed by atoms with Gasteiger partial charge in [0.15, 0.2) is 0 Å². The van der Waals surface area contributed by atoms with Crippen molar-refractivity contribution >= 4 is 27.1 Å². The van der Waals surface area contributed by atoms with Crippen molar-refractivity contribution in [2.24, 2.45) is 0 Å². The summed E-state index contributed by atoms with van der Waals surface area (Å²) in [5, 5.41) is 10.8. The lowest BCUT2D eigenvalue weighted by Gasteiger charge is -1.97. The Hall–Kier alpha value is -1.29. The Balaban J connectivity index is 2.98. The van der Waals surface area contributed by atoms with Crippen molar-refractivity contribution in [1.29, 1.82) is 0 Å². The molecular formula is C8H6FNOS. The Morgan fingerprint density at radius 1 is 1.42 bits per heavy atom. The number of aromatic hydroxyl groups is 1. The fraction of sp³-hybridized carbons (Fsp3) is 0. The minimum absolute atomic E-state index is 0.0575. The Morgan fingerprint density at radius 2 is 2.17 bits per heavy atom. The van der Waals surface area contributed by atoms with E-state index in [4.69, 9.17) is 5.73 Å². The predicted octanol–water partition coefficient (Wildman–Crippen LogP) is 2.33. The van der Waals surface area contributed by atoms with E-state index in [0.29, 0.717) is 10.4 Å². The molecule has 0 spiro atoms. The zero-order valence-corrected chi connectivity index (χ0v) is 6.86. The number of halogens is 1. The van der Waals surface area contributed by atoms with E-state index in [1.807, 2.05) is 0 Å². The van der Waals surface area contributed by atoms with Crippen LogP contribution in [0.2, 0.25) is 0 Å². The number of rotatable bonds is 0. The molecule has 0 unspecified atom stereocenters. The van der Waals surface area contributed by atoms with Crippen molar-refractivity contribution < 1.29 is 9.50 Å². The van der Waals surface area contributed by atoms with Crippen molar-refractivity contribution in [3.8, 4) is 5.75 Å². The summed E-state index contributed by atoms with van der Waals surface area (Å²) < 4.78 is 13.6. The molecule has 0 aliphatic rings. The zero-order chi connectivity index (χ0) is 8.72. The maximum Gasteiger partial charge on any atom is 0.145 e. The number of phenols is 1. The molecule has 3 N–H and O–H groups in total. The van der Waals surface area contributed by atoms with Crippen LogP contribution in [0.15, 0.2) is 17.5 Å². The van der Waals surface area contributed by atoms with Gasteiger partial charge in [-0.2, -0.15) is 0 Å². The summed E-state index contributed by atoms with van der Waals surface area (Å²) in [7, 11) is 0. The average Bonchev–Trinajstić information content (AvgIpc) is 2.42. The highest BCUT2D eigenvalue weighted by Crippen LogP contribution is 2.35. The molecule has 1 heterocycles. The van der Waals surface area contributed by atoms with Crippen molar-refractivity contribution in [3.05, 3.63) is 23.3 Å². The van der Waals surface area contributed by atoms with Crippen LogP contribution in [-0.4, -0.2) is 5.11 Å². The molecule has 4 heteroatoms. The highest BCUT2D eigenvalue weighted by Gasteiger charge is 2.09. The SMILES string of the molecule is Nc1ccc(O)c2c(F)csc12. The van der Waals surface area contributed by atoms with Crippen LogP contribution in [0.5, 0.6) is 5.75 Å². The van der Waals surface area contributed by atoms with Gasteiger partial charge in [-0.25, -0.2) is 4.39 Å². The summed E-state index contributed by atoms with van der Waals surface area (Å²) in [6.07, 6.45) is 0. The van der Waals surface area contributed by atoms with Gasteiger partial charge in [0.1, 0.15) is 11.6 Å². The van der Waals surface area contributed by atoms with Crippen molar-refractivity contribution in [2.45, 2.75) is 0 Å². The van der Waals surface area contributed by atoms with E-state index in [9.17, 15) is 9.50 Å². The fourth-order valence-corrected chi connectivity index (χ4v) is 1.98. The van der Waals surface area contributed by atoms with Crippen LogP contribution < -0.4 is 5.73 Å². The van der Waals surface area contributed by atoms with Crippen LogP contribution in [0.4, 0.5) is 10.1 Å².